The number of fused-ring (bicyclic) bond motifs is 4. The molecule has 8 aromatic heterocycles. The molecule has 19 heteroatoms. The number of piperazine rings is 2. The second kappa shape index (κ2) is 20.7. The molecule has 6 saturated heterocycles. The third-order valence-electron chi connectivity index (χ3n) is 13.0. The van der Waals surface area contributed by atoms with Crippen LogP contribution in [0.5, 0.6) is 0 Å². The first-order valence-corrected chi connectivity index (χ1v) is 23.8. The summed E-state index contributed by atoms with van der Waals surface area (Å²) in [5.74, 6) is 2.65. The number of pyridine rings is 4. The Morgan fingerprint density at radius 1 is 0.592 bits per heavy atom. The van der Waals surface area contributed by atoms with Gasteiger partial charge in [0.2, 0.25) is 0 Å². The molecule has 362 valence electrons. The highest BCUT2D eigenvalue weighted by Gasteiger charge is 2.44. The van der Waals surface area contributed by atoms with Crippen molar-refractivity contribution in [3.05, 3.63) is 166 Å². The molecular weight excluding hydrogens is 903 g/mol. The molecule has 71 heavy (non-hydrogen) atoms. The maximum atomic E-state index is 13.5. The average molecular weight is 957 g/mol. The van der Waals surface area contributed by atoms with Crippen LogP contribution in [-0.2, 0) is 19.4 Å². The lowest BCUT2D eigenvalue weighted by Gasteiger charge is -2.56. The SMILES string of the molecule is Cc1cc(Cc2cc(C)[nH]n2)nc(-c2ccc(N3CC4CC(C3)N4)nc2)n1.Cc1cc(Cc2cc(C)[nH]n2)nc(-c2ccc(N3CC4CC(C3)N4Cc3cncc(F)c3)nc2)n1.O=Cc1cncc(F)c1. The Bertz CT molecular complexity index is 3100. The van der Waals surface area contributed by atoms with E-state index in [9.17, 15) is 13.6 Å². The van der Waals surface area contributed by atoms with Gasteiger partial charge < -0.3 is 15.1 Å². The lowest BCUT2D eigenvalue weighted by Crippen LogP contribution is -2.68. The van der Waals surface area contributed by atoms with Gasteiger partial charge in [-0.25, -0.2) is 38.7 Å². The minimum Gasteiger partial charge on any atom is -0.353 e. The highest BCUT2D eigenvalue weighted by atomic mass is 19.1. The van der Waals surface area contributed by atoms with Crippen LogP contribution in [0.4, 0.5) is 20.4 Å². The number of H-pyrrole nitrogens is 2. The summed E-state index contributed by atoms with van der Waals surface area (Å²) in [6.07, 6.45) is 13.5. The zero-order chi connectivity index (χ0) is 49.0. The monoisotopic (exact) mass is 956 g/mol. The van der Waals surface area contributed by atoms with Gasteiger partial charge in [0.25, 0.3) is 0 Å². The molecule has 14 heterocycles. The van der Waals surface area contributed by atoms with Crippen LogP contribution in [0.2, 0.25) is 0 Å². The minimum absolute atomic E-state index is 0.259. The second-order valence-corrected chi connectivity index (χ2v) is 18.8. The van der Waals surface area contributed by atoms with Crippen molar-refractivity contribution < 1.29 is 13.6 Å². The quantitative estimate of drug-likeness (QED) is 0.118. The van der Waals surface area contributed by atoms with E-state index >= 15 is 0 Å². The number of nitrogens with one attached hydrogen (secondary N) is 3. The Hall–Kier alpha value is -7.77. The summed E-state index contributed by atoms with van der Waals surface area (Å²) in [6.45, 7) is 12.6. The molecule has 17 nitrogen and oxygen atoms in total. The number of carbonyl (C=O) groups is 1. The summed E-state index contributed by atoms with van der Waals surface area (Å²) in [5.41, 5.74) is 10.9. The van der Waals surface area contributed by atoms with Gasteiger partial charge in [0.15, 0.2) is 17.9 Å². The van der Waals surface area contributed by atoms with E-state index in [1.54, 1.807) is 12.3 Å². The molecular formula is C52H54F2N16O. The average Bonchev–Trinajstić information content (AvgIpc) is 3.98. The number of piperidine rings is 2. The van der Waals surface area contributed by atoms with E-state index in [4.69, 9.17) is 15.0 Å². The highest BCUT2D eigenvalue weighted by molar-refractivity contribution is 5.73. The molecule has 6 aliphatic rings. The van der Waals surface area contributed by atoms with Gasteiger partial charge in [-0.15, -0.1) is 0 Å². The van der Waals surface area contributed by atoms with Gasteiger partial charge in [-0.2, -0.15) is 10.2 Å². The molecule has 8 aromatic rings. The summed E-state index contributed by atoms with van der Waals surface area (Å²) in [5, 5.41) is 18.1. The number of aromatic amines is 2. The zero-order valence-corrected chi connectivity index (χ0v) is 40.0. The number of halogens is 2. The van der Waals surface area contributed by atoms with Crippen molar-refractivity contribution in [2.45, 2.75) is 84.1 Å². The van der Waals surface area contributed by atoms with Crippen LogP contribution in [0.1, 0.15) is 74.3 Å². The van der Waals surface area contributed by atoms with Gasteiger partial charge in [0.1, 0.15) is 23.3 Å². The molecule has 0 spiro atoms. The number of hydrogen-bond acceptors (Lipinski definition) is 15. The van der Waals surface area contributed by atoms with Crippen molar-refractivity contribution in [3.8, 4) is 22.8 Å². The third kappa shape index (κ3) is 11.5. The smallest absolute Gasteiger partial charge is 0.161 e. The van der Waals surface area contributed by atoms with Crippen molar-refractivity contribution in [1.29, 1.82) is 0 Å². The Labute approximate surface area is 409 Å². The van der Waals surface area contributed by atoms with Crippen molar-refractivity contribution >= 4 is 17.9 Å². The van der Waals surface area contributed by atoms with Crippen LogP contribution < -0.4 is 15.1 Å². The van der Waals surface area contributed by atoms with Crippen LogP contribution in [0.15, 0.2) is 97.8 Å². The number of aryl methyl sites for hydroxylation is 4. The van der Waals surface area contributed by atoms with E-state index in [0.717, 1.165) is 125 Å². The van der Waals surface area contributed by atoms with E-state index in [-0.39, 0.29) is 11.4 Å². The van der Waals surface area contributed by atoms with Crippen LogP contribution in [0.25, 0.3) is 22.8 Å². The molecule has 6 aliphatic heterocycles. The van der Waals surface area contributed by atoms with Crippen LogP contribution >= 0.6 is 0 Å². The van der Waals surface area contributed by atoms with E-state index in [0.29, 0.717) is 49.1 Å². The van der Waals surface area contributed by atoms with Crippen LogP contribution in [-0.4, -0.2) is 122 Å². The first-order valence-electron chi connectivity index (χ1n) is 23.8. The maximum absolute atomic E-state index is 13.5. The van der Waals surface area contributed by atoms with Crippen molar-refractivity contribution in [3.63, 3.8) is 0 Å². The maximum Gasteiger partial charge on any atom is 0.161 e. The number of rotatable bonds is 11. The van der Waals surface area contributed by atoms with Gasteiger partial charge in [0, 0.05) is 134 Å². The van der Waals surface area contributed by atoms with E-state index in [2.05, 4.69) is 89.6 Å². The Morgan fingerprint density at radius 2 is 1.11 bits per heavy atom. The van der Waals surface area contributed by atoms with E-state index < -0.39 is 5.82 Å². The van der Waals surface area contributed by atoms with Gasteiger partial charge in [-0.3, -0.25) is 29.9 Å². The predicted molar refractivity (Wildman–Crippen MR) is 264 cm³/mol. The summed E-state index contributed by atoms with van der Waals surface area (Å²) in [4.78, 5) is 52.7. The van der Waals surface area contributed by atoms with E-state index in [1.807, 2.05) is 64.4 Å². The van der Waals surface area contributed by atoms with Gasteiger partial charge >= 0.3 is 0 Å². The Morgan fingerprint density at radius 3 is 1.56 bits per heavy atom. The second-order valence-electron chi connectivity index (χ2n) is 18.8. The molecule has 3 N–H and O–H groups in total. The highest BCUT2D eigenvalue weighted by Crippen LogP contribution is 2.36. The van der Waals surface area contributed by atoms with Crippen molar-refractivity contribution in [2.75, 3.05) is 36.0 Å². The summed E-state index contributed by atoms with van der Waals surface area (Å²) < 4.78 is 25.6. The van der Waals surface area contributed by atoms with Crippen molar-refractivity contribution in [2.24, 2.45) is 0 Å². The first kappa shape index (κ1) is 46.9. The minimum atomic E-state index is -0.486. The fraction of sp³-hybridized carbons (Fsp3) is 0.327. The third-order valence-corrected chi connectivity index (χ3v) is 13.0. The van der Waals surface area contributed by atoms with Crippen LogP contribution in [0, 0.1) is 39.3 Å². The molecule has 14 rings (SSSR count). The standard InChI is InChI=1S/C26H27FN8.C20H23N7.C6H4FNO/c1-16-5-21(8-22-6-17(2)32-33-22)31-26(30-16)19-3-4-25(29-11-19)34-14-23-9-24(15-34)35(23)13-18-7-20(27)12-28-10-18;1-12-5-15(7-16-6-13(2)25-26-16)24-20(22-12)14-3-4-19(21-9-14)27-10-17-8-18(11-27)23-17;7-6-1-5(4-9)2-8-3-6/h3-7,10-12,23-24H,8-9,13-15H2,1-2H3,(H,32,33);3-6,9,17-18,23H,7-8,10-11H2,1-2H3,(H,25,26);1-4H. The Kier molecular flexibility index (Phi) is 13.7. The zero-order valence-electron chi connectivity index (χ0n) is 40.0. The topological polar surface area (TPSA) is 199 Å². The molecule has 0 aromatic carbocycles. The summed E-state index contributed by atoms with van der Waals surface area (Å²) in [7, 11) is 0. The predicted octanol–water partition coefficient (Wildman–Crippen LogP) is 6.52. The lowest BCUT2D eigenvalue weighted by molar-refractivity contribution is -0.00882. The largest absolute Gasteiger partial charge is 0.353 e. The molecule has 0 amide bonds. The first-order chi connectivity index (χ1) is 34.4. The van der Waals surface area contributed by atoms with Gasteiger partial charge in [0.05, 0.1) is 35.2 Å². The van der Waals surface area contributed by atoms with E-state index in [1.165, 1.54) is 25.2 Å². The molecule has 0 radical (unpaired) electrons. The van der Waals surface area contributed by atoms with Crippen LogP contribution in [0.3, 0.4) is 0 Å². The lowest BCUT2D eigenvalue weighted by atomic mass is 9.87. The van der Waals surface area contributed by atoms with Crippen molar-refractivity contribution in [1.82, 2.24) is 70.5 Å². The number of anilines is 2. The number of hydrogen-bond donors (Lipinski definition) is 3. The summed E-state index contributed by atoms with van der Waals surface area (Å²) >= 11 is 0. The molecule has 6 fully saturated rings. The number of aldehydes is 1. The number of nitrogens with zero attached hydrogens (tertiary/aromatic N) is 13. The molecule has 0 saturated carbocycles. The molecule has 0 aliphatic carbocycles. The Balaban J connectivity index is 0.000000143. The number of aromatic nitrogens is 12. The molecule has 4 atom stereocenters. The normalized spacial score (nSPS) is 18.8. The summed E-state index contributed by atoms with van der Waals surface area (Å²) in [6, 6.07) is 21.2. The fourth-order valence-electron chi connectivity index (χ4n) is 9.70. The fourth-order valence-corrected chi connectivity index (χ4v) is 9.70. The number of carbonyl (C=O) groups excluding carboxylic acids is 1. The molecule has 4 bridgehead atoms. The molecule has 4 unspecified atom stereocenters. The van der Waals surface area contributed by atoms with Gasteiger partial charge in [-0.05, 0) is 107 Å². The van der Waals surface area contributed by atoms with Gasteiger partial charge in [-0.1, -0.05) is 0 Å².